The number of halogens is 4. The first-order chi connectivity index (χ1) is 14.7. The smallest absolute Gasteiger partial charge is 0.288 e. The Balaban J connectivity index is 0.00000512. The van der Waals surface area contributed by atoms with Crippen LogP contribution in [0, 0.1) is 51.6 Å². The minimum atomic E-state index is -0.944. The summed E-state index contributed by atoms with van der Waals surface area (Å²) < 4.78 is 20.5. The fraction of sp³-hybridized carbons (Fsp3) is 0.381. The molecule has 2 unspecified atom stereocenters. The van der Waals surface area contributed by atoms with Gasteiger partial charge in [0.15, 0.2) is 5.75 Å². The summed E-state index contributed by atoms with van der Waals surface area (Å²) in [6.07, 6.45) is 0.440. The molecule has 2 aromatic rings. The van der Waals surface area contributed by atoms with Crippen LogP contribution >= 0.6 is 90.4 Å². The van der Waals surface area contributed by atoms with Crippen molar-refractivity contribution >= 4 is 96.3 Å². The number of rotatable bonds is 10. The Hall–Kier alpha value is 1.60. The van der Waals surface area contributed by atoms with Gasteiger partial charge in [0, 0.05) is 37.3 Å². The molecular formula is C21H22ErI4NO5-. The summed E-state index contributed by atoms with van der Waals surface area (Å²) in [5, 5.41) is 9.75. The Bertz CT molecular complexity index is 885. The van der Waals surface area contributed by atoms with E-state index in [4.69, 9.17) is 19.9 Å². The predicted molar refractivity (Wildman–Crippen MR) is 154 cm³/mol. The number of aliphatic hydroxyl groups excluding tert-OH is 1. The van der Waals surface area contributed by atoms with Gasteiger partial charge in [0.1, 0.15) is 18.1 Å². The Morgan fingerprint density at radius 1 is 1.00 bits per heavy atom. The third-order valence-corrected chi connectivity index (χ3v) is 7.36. The number of benzene rings is 2. The summed E-state index contributed by atoms with van der Waals surface area (Å²) in [5.41, 5.74) is 8.88. The van der Waals surface area contributed by atoms with Crippen LogP contribution in [-0.2, 0) is 16.0 Å². The van der Waals surface area contributed by atoms with Crippen LogP contribution < -0.4 is 9.47 Å². The van der Waals surface area contributed by atoms with E-state index in [1.807, 2.05) is 31.2 Å². The number of hydrogen-bond acceptors (Lipinski definition) is 5. The maximum absolute atomic E-state index is 11.8. The van der Waals surface area contributed by atoms with Crippen molar-refractivity contribution in [1.29, 1.82) is 0 Å². The van der Waals surface area contributed by atoms with Gasteiger partial charge in [-0.15, -0.1) is 0 Å². The molecule has 0 saturated heterocycles. The number of ether oxygens (including phenoxy) is 3. The molecule has 0 radical (unpaired) electrons. The van der Waals surface area contributed by atoms with E-state index in [1.54, 1.807) is 6.92 Å². The van der Waals surface area contributed by atoms with Crippen molar-refractivity contribution in [3.05, 3.63) is 49.8 Å². The molecule has 2 rings (SSSR count). The minimum Gasteiger partial charge on any atom is -0.665 e. The molecule has 2 N–H and O–H groups in total. The zero-order valence-corrected chi connectivity index (χ0v) is 27.7. The second-order valence-corrected chi connectivity index (χ2v) is 11.2. The van der Waals surface area contributed by atoms with Gasteiger partial charge in [0.2, 0.25) is 0 Å². The van der Waals surface area contributed by atoms with Gasteiger partial charge >= 0.3 is 0 Å². The van der Waals surface area contributed by atoms with Crippen molar-refractivity contribution in [3.8, 4) is 17.2 Å². The number of esters is 1. The summed E-state index contributed by atoms with van der Waals surface area (Å²) in [4.78, 5) is 11.8. The van der Waals surface area contributed by atoms with Crippen molar-refractivity contribution in [2.45, 2.75) is 38.8 Å². The van der Waals surface area contributed by atoms with Crippen LogP contribution in [0.3, 0.4) is 0 Å². The van der Waals surface area contributed by atoms with E-state index in [2.05, 4.69) is 90.4 Å². The fourth-order valence-electron chi connectivity index (χ4n) is 2.54. The Morgan fingerprint density at radius 2 is 1.53 bits per heavy atom. The number of hydrogen-bond donors (Lipinski definition) is 1. The first-order valence-corrected chi connectivity index (χ1v) is 13.8. The van der Waals surface area contributed by atoms with Gasteiger partial charge in [0.05, 0.1) is 27.0 Å². The maximum Gasteiger partial charge on any atom is 0.288 e. The molecule has 0 aliphatic heterocycles. The number of nitrogens with one attached hydrogen (secondary N) is 1. The molecule has 2 aromatic carbocycles. The van der Waals surface area contributed by atoms with E-state index in [1.165, 1.54) is 0 Å². The number of carbonyl (C=O) groups excluding carboxylic acids is 1. The van der Waals surface area contributed by atoms with Gasteiger partial charge in [-0.1, -0.05) is 6.92 Å². The van der Waals surface area contributed by atoms with Crippen molar-refractivity contribution < 1.29 is 61.4 Å². The van der Waals surface area contributed by atoms with E-state index >= 15 is 0 Å². The maximum atomic E-state index is 11.8. The topological polar surface area (TPSA) is 88.8 Å². The standard InChI is InChI=1S/C21H22I4NO5.Er/c1-3-12(27)10-30-19-16(24)8-13(9-17(19)25)31-20-14(22)5-11(6-15(20)23)7-18(26)21(28)29-4-2;/h5-6,8-9,12,18,26-27H,3-4,7,10H2,1-2H3;/q-1;. The summed E-state index contributed by atoms with van der Waals surface area (Å²) in [6, 6.07) is 6.71. The van der Waals surface area contributed by atoms with Crippen molar-refractivity contribution in [2.24, 2.45) is 0 Å². The van der Waals surface area contributed by atoms with E-state index < -0.39 is 18.1 Å². The second kappa shape index (κ2) is 15.7. The van der Waals surface area contributed by atoms with Crippen LogP contribution in [0.15, 0.2) is 24.3 Å². The molecule has 0 bridgehead atoms. The normalized spacial score (nSPS) is 12.5. The van der Waals surface area contributed by atoms with E-state index in [0.717, 1.165) is 31.3 Å². The van der Waals surface area contributed by atoms with Crippen LogP contribution in [0.1, 0.15) is 25.8 Å². The molecule has 0 aromatic heterocycles. The zero-order valence-electron chi connectivity index (χ0n) is 17.2. The van der Waals surface area contributed by atoms with Crippen LogP contribution in [0.5, 0.6) is 17.2 Å². The molecule has 0 saturated carbocycles. The minimum absolute atomic E-state index is 0. The van der Waals surface area contributed by atoms with Crippen LogP contribution in [0.2, 0.25) is 0 Å². The predicted octanol–water partition coefficient (Wildman–Crippen LogP) is 6.57. The summed E-state index contributed by atoms with van der Waals surface area (Å²) in [6.45, 7) is 4.17. The van der Waals surface area contributed by atoms with E-state index in [9.17, 15) is 9.90 Å². The molecule has 0 aliphatic rings. The Labute approximate surface area is 272 Å². The van der Waals surface area contributed by atoms with Gasteiger partial charge in [-0.05, 0) is 146 Å². The van der Waals surface area contributed by atoms with Crippen LogP contribution in [-0.4, -0.2) is 36.4 Å². The molecule has 0 spiro atoms. The van der Waals surface area contributed by atoms with Gasteiger partial charge in [-0.25, -0.2) is 0 Å². The molecule has 6 nitrogen and oxygen atoms in total. The largest absolute Gasteiger partial charge is 0.665 e. The van der Waals surface area contributed by atoms with Gasteiger partial charge < -0.3 is 25.1 Å². The quantitative estimate of drug-likeness (QED) is 0.215. The molecule has 0 aliphatic carbocycles. The SMILES string of the molecule is CCOC(=O)C([NH-])Cc1cc(I)c(Oc2cc(I)c(OCC(O)CC)c(I)c2)c(I)c1.[Er]. The third kappa shape index (κ3) is 9.57. The van der Waals surface area contributed by atoms with Gasteiger partial charge in [0.25, 0.3) is 5.97 Å². The van der Waals surface area contributed by atoms with Crippen LogP contribution in [0.4, 0.5) is 0 Å². The van der Waals surface area contributed by atoms with Crippen molar-refractivity contribution in [1.82, 2.24) is 0 Å². The molecule has 0 amide bonds. The number of aliphatic hydroxyl groups is 1. The molecular weight excluding hydrogens is 1020 g/mol. The molecule has 182 valence electrons. The van der Waals surface area contributed by atoms with Gasteiger partial charge in [-0.2, -0.15) is 0 Å². The van der Waals surface area contributed by atoms with Crippen molar-refractivity contribution in [3.63, 3.8) is 0 Å². The molecule has 2 atom stereocenters. The third-order valence-electron chi connectivity index (χ3n) is 4.15. The van der Waals surface area contributed by atoms with Crippen molar-refractivity contribution in [2.75, 3.05) is 13.2 Å². The number of carbonyl (C=O) groups is 1. The average Bonchev–Trinajstić information content (AvgIpc) is 2.70. The summed E-state index contributed by atoms with van der Waals surface area (Å²) >= 11 is 8.81. The first kappa shape index (κ1) is 31.6. The Morgan fingerprint density at radius 3 is 2.03 bits per heavy atom. The fourth-order valence-corrected chi connectivity index (χ4v) is 6.68. The molecule has 0 heterocycles. The monoisotopic (exact) mass is 1040 g/mol. The first-order valence-electron chi connectivity index (χ1n) is 9.49. The zero-order chi connectivity index (χ0) is 23.1. The second-order valence-electron chi connectivity index (χ2n) is 6.59. The Kier molecular flexibility index (Phi) is 15.5. The molecule has 0 fully saturated rings. The van der Waals surface area contributed by atoms with E-state index in [-0.39, 0.29) is 56.9 Å². The molecule has 32 heavy (non-hydrogen) atoms. The van der Waals surface area contributed by atoms with E-state index in [0.29, 0.717) is 12.2 Å². The average molecular weight is 1040 g/mol. The molecule has 11 heteroatoms. The van der Waals surface area contributed by atoms with Gasteiger partial charge in [-0.3, -0.25) is 4.79 Å². The summed E-state index contributed by atoms with van der Waals surface area (Å²) in [5.74, 6) is 1.64. The van der Waals surface area contributed by atoms with Crippen LogP contribution in [0.25, 0.3) is 5.73 Å². The summed E-state index contributed by atoms with van der Waals surface area (Å²) in [7, 11) is 0.